The second-order valence-corrected chi connectivity index (χ2v) is 6.83. The predicted octanol–water partition coefficient (Wildman–Crippen LogP) is 0.953. The normalized spacial score (nSPS) is 19.0. The van der Waals surface area contributed by atoms with E-state index >= 15 is 0 Å². The second kappa shape index (κ2) is 7.76. The molecule has 142 valence electrons. The molecule has 1 aromatic carbocycles. The van der Waals surface area contributed by atoms with Crippen molar-refractivity contribution in [1.82, 2.24) is 4.90 Å². The molecule has 0 aromatic heterocycles. The van der Waals surface area contributed by atoms with E-state index in [0.717, 1.165) is 4.90 Å². The lowest BCUT2D eigenvalue weighted by atomic mass is 10.1. The van der Waals surface area contributed by atoms with Gasteiger partial charge in [-0.15, -0.1) is 0 Å². The van der Waals surface area contributed by atoms with Crippen LogP contribution < -0.4 is 10.6 Å². The molecule has 0 bridgehead atoms. The fourth-order valence-corrected chi connectivity index (χ4v) is 3.63. The van der Waals surface area contributed by atoms with Crippen molar-refractivity contribution in [2.45, 2.75) is 0 Å². The Morgan fingerprint density at radius 1 is 1.33 bits per heavy atom. The summed E-state index contributed by atoms with van der Waals surface area (Å²) in [7, 11) is 0. The Labute approximate surface area is 158 Å². The van der Waals surface area contributed by atoms with E-state index in [-0.39, 0.29) is 10.6 Å². The number of primary amides is 1. The maximum Gasteiger partial charge on any atom is 0.294 e. The van der Waals surface area contributed by atoms with Crippen molar-refractivity contribution in [3.8, 4) is 0 Å². The van der Waals surface area contributed by atoms with E-state index in [2.05, 4.69) is 0 Å². The fourth-order valence-electron chi connectivity index (χ4n) is 2.79. The van der Waals surface area contributed by atoms with E-state index in [1.165, 1.54) is 12.1 Å². The van der Waals surface area contributed by atoms with E-state index in [0.29, 0.717) is 49.3 Å². The second-order valence-electron chi connectivity index (χ2n) is 5.84. The minimum Gasteiger partial charge on any atom is -0.378 e. The van der Waals surface area contributed by atoms with E-state index in [1.54, 1.807) is 12.1 Å². The fraction of sp³-hybridized carbons (Fsp3) is 0.312. The molecule has 2 aliphatic heterocycles. The average molecular weight is 392 g/mol. The highest BCUT2D eigenvalue weighted by Gasteiger charge is 2.36. The standard InChI is InChI=1S/C16H16N4O6S/c17-14(21)9-19-15(22)13(27-16(19)23)8-10-1-2-11(12(7-10)20(24)25)18-3-5-26-6-4-18/h1-2,7-8H,3-6,9H2,(H2,17,21)/b13-8-. The summed E-state index contributed by atoms with van der Waals surface area (Å²) in [5.74, 6) is -1.45. The van der Waals surface area contributed by atoms with Gasteiger partial charge in [-0.05, 0) is 29.5 Å². The van der Waals surface area contributed by atoms with Crippen LogP contribution in [-0.4, -0.2) is 59.7 Å². The first kappa shape index (κ1) is 18.9. The molecule has 27 heavy (non-hydrogen) atoms. The number of carbonyl (C=O) groups excluding carboxylic acids is 3. The Balaban J connectivity index is 1.89. The quantitative estimate of drug-likeness (QED) is 0.444. The SMILES string of the molecule is NC(=O)CN1C(=O)S/C(=C\c2ccc(N3CCOCC3)c([N+](=O)[O-])c2)C1=O. The highest BCUT2D eigenvalue weighted by Crippen LogP contribution is 2.34. The number of morpholine rings is 1. The van der Waals surface area contributed by atoms with Gasteiger partial charge >= 0.3 is 0 Å². The van der Waals surface area contributed by atoms with E-state index in [1.807, 2.05) is 4.90 Å². The molecule has 0 radical (unpaired) electrons. The lowest BCUT2D eigenvalue weighted by Crippen LogP contribution is -2.36. The highest BCUT2D eigenvalue weighted by atomic mass is 32.2. The number of hydrogen-bond acceptors (Lipinski definition) is 8. The Morgan fingerprint density at radius 2 is 2.04 bits per heavy atom. The molecule has 10 nitrogen and oxygen atoms in total. The predicted molar refractivity (Wildman–Crippen MR) is 98.0 cm³/mol. The molecule has 0 unspecified atom stereocenters. The van der Waals surface area contributed by atoms with Crippen molar-refractivity contribution < 1.29 is 24.0 Å². The molecule has 0 saturated carbocycles. The summed E-state index contributed by atoms with van der Waals surface area (Å²) in [5, 5.41) is 10.9. The molecule has 3 amide bonds. The largest absolute Gasteiger partial charge is 0.378 e. The number of hydrogen-bond donors (Lipinski definition) is 1. The van der Waals surface area contributed by atoms with Crippen LogP contribution in [0.2, 0.25) is 0 Å². The van der Waals surface area contributed by atoms with Crippen LogP contribution in [0.5, 0.6) is 0 Å². The minimum absolute atomic E-state index is 0.0784. The number of ether oxygens (including phenoxy) is 1. The topological polar surface area (TPSA) is 136 Å². The van der Waals surface area contributed by atoms with Gasteiger partial charge in [-0.2, -0.15) is 0 Å². The third-order valence-electron chi connectivity index (χ3n) is 4.03. The molecule has 0 aliphatic carbocycles. The zero-order valence-electron chi connectivity index (χ0n) is 14.1. The van der Waals surface area contributed by atoms with E-state index in [9.17, 15) is 24.5 Å². The molecule has 2 saturated heterocycles. The number of nitrogens with two attached hydrogens (primary N) is 1. The summed E-state index contributed by atoms with van der Waals surface area (Å²) in [5.41, 5.74) is 5.82. The smallest absolute Gasteiger partial charge is 0.294 e. The highest BCUT2D eigenvalue weighted by molar-refractivity contribution is 8.18. The Morgan fingerprint density at radius 3 is 2.67 bits per heavy atom. The monoisotopic (exact) mass is 392 g/mol. The third-order valence-corrected chi connectivity index (χ3v) is 4.94. The molecule has 2 N–H and O–H groups in total. The summed E-state index contributed by atoms with van der Waals surface area (Å²) in [6.45, 7) is 1.58. The van der Waals surface area contributed by atoms with Crippen LogP contribution in [0.1, 0.15) is 5.56 Å². The van der Waals surface area contributed by atoms with Crippen molar-refractivity contribution in [1.29, 1.82) is 0 Å². The molecular formula is C16H16N4O6S. The van der Waals surface area contributed by atoms with Crippen LogP contribution in [0.3, 0.4) is 0 Å². The lowest BCUT2D eigenvalue weighted by Gasteiger charge is -2.28. The first-order valence-electron chi connectivity index (χ1n) is 8.01. The first-order chi connectivity index (χ1) is 12.9. The maximum absolute atomic E-state index is 12.2. The van der Waals surface area contributed by atoms with Gasteiger partial charge in [0, 0.05) is 19.2 Å². The number of anilines is 1. The Bertz CT molecular complexity index is 849. The number of thioether (sulfide) groups is 1. The average Bonchev–Trinajstić information content (AvgIpc) is 2.89. The molecule has 11 heteroatoms. The van der Waals surface area contributed by atoms with Gasteiger partial charge in [0.1, 0.15) is 12.2 Å². The summed E-state index contributed by atoms with van der Waals surface area (Å²) in [6, 6.07) is 4.61. The molecule has 2 heterocycles. The third kappa shape index (κ3) is 4.09. The number of nitrogens with zero attached hydrogens (tertiary/aromatic N) is 3. The Hall–Kier alpha value is -2.92. The van der Waals surface area contributed by atoms with Crippen LogP contribution in [-0.2, 0) is 14.3 Å². The zero-order valence-corrected chi connectivity index (χ0v) is 14.9. The number of rotatable bonds is 5. The number of imide groups is 1. The van der Waals surface area contributed by atoms with Crippen LogP contribution in [0.25, 0.3) is 6.08 Å². The van der Waals surface area contributed by atoms with Crippen molar-refractivity contribution >= 4 is 46.3 Å². The number of benzene rings is 1. The molecule has 1 aromatic rings. The van der Waals surface area contributed by atoms with Gasteiger partial charge in [-0.25, -0.2) is 0 Å². The van der Waals surface area contributed by atoms with Crippen molar-refractivity contribution in [2.75, 3.05) is 37.7 Å². The number of nitro benzene ring substituents is 1. The van der Waals surface area contributed by atoms with Gasteiger partial charge in [0.15, 0.2) is 0 Å². The van der Waals surface area contributed by atoms with Crippen molar-refractivity contribution in [2.24, 2.45) is 5.73 Å². The van der Waals surface area contributed by atoms with Gasteiger partial charge in [0.25, 0.3) is 16.8 Å². The Kier molecular flexibility index (Phi) is 5.42. The van der Waals surface area contributed by atoms with Crippen LogP contribution in [0.4, 0.5) is 16.2 Å². The van der Waals surface area contributed by atoms with Gasteiger partial charge < -0.3 is 15.4 Å². The molecule has 0 atom stereocenters. The van der Waals surface area contributed by atoms with Gasteiger partial charge in [-0.1, -0.05) is 6.07 Å². The molecule has 2 fully saturated rings. The van der Waals surface area contributed by atoms with Gasteiger partial charge in [-0.3, -0.25) is 29.4 Å². The summed E-state index contributed by atoms with van der Waals surface area (Å²) >= 11 is 0.659. The molecule has 2 aliphatic rings. The van der Waals surface area contributed by atoms with Crippen molar-refractivity contribution in [3.05, 3.63) is 38.8 Å². The number of amides is 3. The first-order valence-corrected chi connectivity index (χ1v) is 8.83. The summed E-state index contributed by atoms with van der Waals surface area (Å²) in [6.07, 6.45) is 1.39. The number of carbonyl (C=O) groups is 3. The van der Waals surface area contributed by atoms with E-state index < -0.39 is 28.5 Å². The van der Waals surface area contributed by atoms with Gasteiger partial charge in [0.05, 0.1) is 23.0 Å². The molecule has 0 spiro atoms. The summed E-state index contributed by atoms with van der Waals surface area (Å²) in [4.78, 5) is 48.8. The number of nitro groups is 1. The molecular weight excluding hydrogens is 376 g/mol. The van der Waals surface area contributed by atoms with Crippen LogP contribution in [0, 0.1) is 10.1 Å². The lowest BCUT2D eigenvalue weighted by molar-refractivity contribution is -0.384. The molecule has 3 rings (SSSR count). The van der Waals surface area contributed by atoms with Crippen LogP contribution in [0.15, 0.2) is 23.1 Å². The minimum atomic E-state index is -0.802. The summed E-state index contributed by atoms with van der Waals surface area (Å²) < 4.78 is 5.26. The van der Waals surface area contributed by atoms with Crippen LogP contribution >= 0.6 is 11.8 Å². The maximum atomic E-state index is 12.2. The zero-order chi connectivity index (χ0) is 19.6. The van der Waals surface area contributed by atoms with Crippen molar-refractivity contribution in [3.63, 3.8) is 0 Å². The van der Waals surface area contributed by atoms with Gasteiger partial charge in [0.2, 0.25) is 5.91 Å². The van der Waals surface area contributed by atoms with E-state index in [4.69, 9.17) is 10.5 Å².